The number of likely N-dealkylation sites (tertiary alicyclic amines) is 1. The van der Waals surface area contributed by atoms with E-state index in [0.29, 0.717) is 25.1 Å². The van der Waals surface area contributed by atoms with Gasteiger partial charge < -0.3 is 26.0 Å². The Morgan fingerprint density at radius 2 is 1.97 bits per heavy atom. The minimum atomic E-state index is -0.502. The van der Waals surface area contributed by atoms with Crippen molar-refractivity contribution in [3.8, 4) is 0 Å². The molecule has 3 aliphatic rings. The molecular weight excluding hydrogens is 368 g/mol. The number of nitrogens with one attached hydrogen (secondary N) is 3. The lowest BCUT2D eigenvalue weighted by Gasteiger charge is -2.25. The predicted octanol–water partition coefficient (Wildman–Crippen LogP) is 1.69. The van der Waals surface area contributed by atoms with Crippen LogP contribution < -0.4 is 16.0 Å². The summed E-state index contributed by atoms with van der Waals surface area (Å²) >= 11 is 0. The van der Waals surface area contributed by atoms with Crippen molar-refractivity contribution in [2.45, 2.75) is 44.2 Å². The number of rotatable bonds is 3. The highest BCUT2D eigenvalue weighted by Gasteiger charge is 2.34. The van der Waals surface area contributed by atoms with Crippen LogP contribution in [0, 0.1) is 0 Å². The molecule has 29 heavy (non-hydrogen) atoms. The van der Waals surface area contributed by atoms with Crippen LogP contribution >= 0.6 is 0 Å². The third kappa shape index (κ3) is 4.68. The van der Waals surface area contributed by atoms with Gasteiger partial charge in [-0.05, 0) is 74.5 Å². The number of urea groups is 1. The van der Waals surface area contributed by atoms with E-state index in [9.17, 15) is 14.7 Å². The molecule has 0 saturated carbocycles. The molecule has 4 N–H and O–H groups in total. The van der Waals surface area contributed by atoms with Crippen LogP contribution in [0.5, 0.6) is 0 Å². The smallest absolute Gasteiger partial charge is 0.322 e. The van der Waals surface area contributed by atoms with Gasteiger partial charge in [-0.3, -0.25) is 4.79 Å². The van der Waals surface area contributed by atoms with Crippen LogP contribution in [0.4, 0.5) is 10.5 Å². The largest absolute Gasteiger partial charge is 0.389 e. The molecule has 0 spiro atoms. The van der Waals surface area contributed by atoms with Crippen LogP contribution in [0.15, 0.2) is 42.1 Å². The SMILES string of the molecule is O=C(Nc1ccc2c(c1)CCNCC2)[C@H]1CCCN1C(=O)NC1=CCC(O)C=C1. The van der Waals surface area contributed by atoms with Gasteiger partial charge in [0.05, 0.1) is 6.10 Å². The highest BCUT2D eigenvalue weighted by molar-refractivity contribution is 5.97. The van der Waals surface area contributed by atoms with Crippen molar-refractivity contribution in [2.75, 3.05) is 25.0 Å². The normalized spacial score (nSPS) is 23.8. The predicted molar refractivity (Wildman–Crippen MR) is 111 cm³/mol. The second kappa shape index (κ2) is 8.80. The van der Waals surface area contributed by atoms with Crippen molar-refractivity contribution in [3.63, 3.8) is 0 Å². The third-order valence-electron chi connectivity index (χ3n) is 5.76. The molecule has 1 aromatic carbocycles. The molecule has 154 valence electrons. The van der Waals surface area contributed by atoms with Crippen molar-refractivity contribution in [1.29, 1.82) is 0 Å². The van der Waals surface area contributed by atoms with E-state index in [-0.39, 0.29) is 11.9 Å². The Hall–Kier alpha value is -2.64. The maximum Gasteiger partial charge on any atom is 0.322 e. The van der Waals surface area contributed by atoms with Gasteiger partial charge in [0.2, 0.25) is 5.91 Å². The van der Waals surface area contributed by atoms with E-state index in [0.717, 1.165) is 38.0 Å². The molecule has 0 radical (unpaired) electrons. The van der Waals surface area contributed by atoms with Crippen molar-refractivity contribution in [2.24, 2.45) is 0 Å². The standard InChI is InChI=1S/C22H28N4O3/c27-19-7-5-17(6-8-19)25-22(29)26-13-1-2-20(26)21(28)24-18-4-3-15-9-11-23-12-10-16(15)14-18/h3-7,14,19-20,23,27H,1-2,8-13H2,(H,24,28)(H,25,29)/t19?,20-/m1/s1. The van der Waals surface area contributed by atoms with Gasteiger partial charge in [-0.25, -0.2) is 4.79 Å². The highest BCUT2D eigenvalue weighted by atomic mass is 16.3. The van der Waals surface area contributed by atoms with Crippen molar-refractivity contribution < 1.29 is 14.7 Å². The number of nitrogens with zero attached hydrogens (tertiary/aromatic N) is 1. The van der Waals surface area contributed by atoms with E-state index < -0.39 is 12.1 Å². The number of carbonyl (C=O) groups excluding carboxylic acids is 2. The Labute approximate surface area is 170 Å². The van der Waals surface area contributed by atoms with Crippen LogP contribution in [-0.2, 0) is 17.6 Å². The summed E-state index contributed by atoms with van der Waals surface area (Å²) in [5.74, 6) is -0.145. The summed E-state index contributed by atoms with van der Waals surface area (Å²) in [4.78, 5) is 27.2. The second-order valence-corrected chi connectivity index (χ2v) is 7.83. The number of amides is 3. The lowest BCUT2D eigenvalue weighted by Crippen LogP contribution is -2.47. The number of aliphatic hydroxyl groups is 1. The first kappa shape index (κ1) is 19.7. The fraction of sp³-hybridized carbons (Fsp3) is 0.455. The van der Waals surface area contributed by atoms with E-state index in [2.05, 4.69) is 28.1 Å². The number of anilines is 1. The number of aliphatic hydroxyl groups excluding tert-OH is 1. The van der Waals surface area contributed by atoms with Gasteiger partial charge >= 0.3 is 6.03 Å². The number of hydrogen-bond donors (Lipinski definition) is 4. The molecule has 0 bridgehead atoms. The maximum absolute atomic E-state index is 12.9. The van der Waals surface area contributed by atoms with Gasteiger partial charge in [-0.15, -0.1) is 0 Å². The number of hydrogen-bond acceptors (Lipinski definition) is 4. The van der Waals surface area contributed by atoms with Gasteiger partial charge in [0.1, 0.15) is 6.04 Å². The average molecular weight is 396 g/mol. The van der Waals surface area contributed by atoms with E-state index in [1.807, 2.05) is 6.07 Å². The first-order valence-electron chi connectivity index (χ1n) is 10.4. The summed E-state index contributed by atoms with van der Waals surface area (Å²) in [6, 6.07) is 5.34. The third-order valence-corrected chi connectivity index (χ3v) is 5.76. The molecule has 7 nitrogen and oxygen atoms in total. The van der Waals surface area contributed by atoms with Crippen molar-refractivity contribution in [3.05, 3.63) is 53.3 Å². The molecule has 1 unspecified atom stereocenters. The Kier molecular flexibility index (Phi) is 5.97. The monoisotopic (exact) mass is 396 g/mol. The van der Waals surface area contributed by atoms with Gasteiger partial charge in [0.25, 0.3) is 0 Å². The fourth-order valence-electron chi connectivity index (χ4n) is 4.16. The quantitative estimate of drug-likeness (QED) is 0.626. The first-order valence-corrected chi connectivity index (χ1v) is 10.4. The molecule has 2 aliphatic heterocycles. The molecule has 1 saturated heterocycles. The minimum absolute atomic E-state index is 0.145. The Bertz CT molecular complexity index is 848. The van der Waals surface area contributed by atoms with Gasteiger partial charge in [-0.2, -0.15) is 0 Å². The van der Waals surface area contributed by atoms with E-state index in [1.165, 1.54) is 11.1 Å². The fourth-order valence-corrected chi connectivity index (χ4v) is 4.16. The lowest BCUT2D eigenvalue weighted by atomic mass is 10.0. The topological polar surface area (TPSA) is 93.7 Å². The lowest BCUT2D eigenvalue weighted by molar-refractivity contribution is -0.119. The molecule has 2 atom stereocenters. The molecule has 2 heterocycles. The first-order chi connectivity index (χ1) is 14.1. The molecule has 7 heteroatoms. The summed E-state index contributed by atoms with van der Waals surface area (Å²) in [6.45, 7) is 2.48. The van der Waals surface area contributed by atoms with Gasteiger partial charge in [0.15, 0.2) is 0 Å². The van der Waals surface area contributed by atoms with E-state index in [4.69, 9.17) is 0 Å². The van der Waals surface area contributed by atoms with E-state index >= 15 is 0 Å². The van der Waals surface area contributed by atoms with Crippen molar-refractivity contribution >= 4 is 17.6 Å². The number of carbonyl (C=O) groups is 2. The zero-order valence-corrected chi connectivity index (χ0v) is 16.5. The summed E-state index contributed by atoms with van der Waals surface area (Å²) < 4.78 is 0. The average Bonchev–Trinajstić information content (AvgIpc) is 3.10. The molecule has 1 aliphatic carbocycles. The zero-order chi connectivity index (χ0) is 20.2. The highest BCUT2D eigenvalue weighted by Crippen LogP contribution is 2.22. The molecule has 4 rings (SSSR count). The number of benzene rings is 1. The van der Waals surface area contributed by atoms with Crippen LogP contribution in [0.1, 0.15) is 30.4 Å². The summed E-state index contributed by atoms with van der Waals surface area (Å²) in [7, 11) is 0. The van der Waals surface area contributed by atoms with Crippen LogP contribution in [0.3, 0.4) is 0 Å². The number of fused-ring (bicyclic) bond motifs is 1. The second-order valence-electron chi connectivity index (χ2n) is 7.83. The van der Waals surface area contributed by atoms with Gasteiger partial charge in [-0.1, -0.05) is 18.2 Å². The summed E-state index contributed by atoms with van der Waals surface area (Å²) in [5.41, 5.74) is 4.04. The van der Waals surface area contributed by atoms with Crippen LogP contribution in [-0.4, -0.2) is 53.7 Å². The molecule has 1 aromatic rings. The Morgan fingerprint density at radius 3 is 2.76 bits per heavy atom. The zero-order valence-electron chi connectivity index (χ0n) is 16.5. The summed E-state index contributed by atoms with van der Waals surface area (Å²) in [5, 5.41) is 18.7. The molecule has 3 amide bonds. The molecule has 0 aromatic heterocycles. The van der Waals surface area contributed by atoms with Crippen LogP contribution in [0.2, 0.25) is 0 Å². The van der Waals surface area contributed by atoms with Crippen LogP contribution in [0.25, 0.3) is 0 Å². The summed E-state index contributed by atoms with van der Waals surface area (Å²) in [6.07, 6.45) is 8.52. The Balaban J connectivity index is 1.39. The molecule has 1 fully saturated rings. The maximum atomic E-state index is 12.9. The van der Waals surface area contributed by atoms with Gasteiger partial charge in [0, 0.05) is 17.9 Å². The molecular formula is C22H28N4O3. The minimum Gasteiger partial charge on any atom is -0.389 e. The number of allylic oxidation sites excluding steroid dienone is 1. The van der Waals surface area contributed by atoms with E-state index in [1.54, 1.807) is 23.1 Å². The Morgan fingerprint density at radius 1 is 1.14 bits per heavy atom. The van der Waals surface area contributed by atoms with Crippen molar-refractivity contribution in [1.82, 2.24) is 15.5 Å².